The Morgan fingerprint density at radius 2 is 1.88 bits per heavy atom. The van der Waals surface area contributed by atoms with Gasteiger partial charge in [0.15, 0.2) is 0 Å². The summed E-state index contributed by atoms with van der Waals surface area (Å²) in [5.74, 6) is 0. The van der Waals surface area contributed by atoms with Crippen LogP contribution in [0.25, 0.3) is 21.9 Å². The van der Waals surface area contributed by atoms with Crippen molar-refractivity contribution in [2.24, 2.45) is 14.1 Å². The van der Waals surface area contributed by atoms with E-state index in [1.54, 1.807) is 0 Å². The van der Waals surface area contributed by atoms with Crippen LogP contribution in [0, 0.1) is 0 Å². The Labute approximate surface area is 141 Å². The predicted octanol–water partition coefficient (Wildman–Crippen LogP) is 3.92. The first-order valence-corrected chi connectivity index (χ1v) is 8.30. The van der Waals surface area contributed by atoms with E-state index < -0.39 is 0 Å². The monoisotopic (exact) mass is 318 g/mol. The summed E-state index contributed by atoms with van der Waals surface area (Å²) < 4.78 is 4.21. The fourth-order valence-corrected chi connectivity index (χ4v) is 3.23. The molecule has 0 saturated heterocycles. The standard InChI is InChI=1S/C20H22N4/c1-14(17-6-5-16-8-9-23(2)20(16)11-17)21-12-15-4-7-19-18(10-15)22-13-24(19)3/h4-11,13-14,21H,12H2,1-3H3. The van der Waals surface area contributed by atoms with Crippen LogP contribution >= 0.6 is 0 Å². The molecule has 0 fully saturated rings. The number of aromatic nitrogens is 3. The molecule has 0 aliphatic heterocycles. The van der Waals surface area contributed by atoms with E-state index in [0.717, 1.165) is 12.1 Å². The molecule has 4 heteroatoms. The first kappa shape index (κ1) is 15.0. The van der Waals surface area contributed by atoms with Crippen molar-refractivity contribution in [1.82, 2.24) is 19.4 Å². The zero-order valence-electron chi connectivity index (χ0n) is 14.3. The van der Waals surface area contributed by atoms with Crippen LogP contribution in [0.4, 0.5) is 0 Å². The lowest BCUT2D eigenvalue weighted by atomic mass is 10.1. The number of rotatable bonds is 4. The highest BCUT2D eigenvalue weighted by atomic mass is 15.0. The maximum absolute atomic E-state index is 4.43. The van der Waals surface area contributed by atoms with Gasteiger partial charge in [0.2, 0.25) is 0 Å². The first-order chi connectivity index (χ1) is 11.6. The molecule has 122 valence electrons. The molecule has 0 radical (unpaired) electrons. The van der Waals surface area contributed by atoms with Gasteiger partial charge in [0, 0.05) is 38.4 Å². The van der Waals surface area contributed by atoms with E-state index in [1.807, 2.05) is 17.9 Å². The zero-order chi connectivity index (χ0) is 16.7. The second-order valence-electron chi connectivity index (χ2n) is 6.53. The molecule has 2 heterocycles. The summed E-state index contributed by atoms with van der Waals surface area (Å²) in [6.45, 7) is 3.04. The molecular formula is C20H22N4. The second kappa shape index (κ2) is 5.80. The Hall–Kier alpha value is -2.59. The topological polar surface area (TPSA) is 34.8 Å². The average Bonchev–Trinajstić information content (AvgIpc) is 3.16. The fourth-order valence-electron chi connectivity index (χ4n) is 3.23. The van der Waals surface area contributed by atoms with Crippen molar-refractivity contribution >= 4 is 21.9 Å². The molecular weight excluding hydrogens is 296 g/mol. The molecule has 0 bridgehead atoms. The van der Waals surface area contributed by atoms with Crippen LogP contribution in [0.3, 0.4) is 0 Å². The van der Waals surface area contributed by atoms with E-state index in [9.17, 15) is 0 Å². The number of hydrogen-bond donors (Lipinski definition) is 1. The molecule has 0 amide bonds. The van der Waals surface area contributed by atoms with E-state index in [4.69, 9.17) is 0 Å². The average molecular weight is 318 g/mol. The Bertz CT molecular complexity index is 1010. The minimum absolute atomic E-state index is 0.295. The van der Waals surface area contributed by atoms with Gasteiger partial charge in [-0.25, -0.2) is 4.98 Å². The quantitative estimate of drug-likeness (QED) is 0.619. The predicted molar refractivity (Wildman–Crippen MR) is 98.9 cm³/mol. The van der Waals surface area contributed by atoms with E-state index in [1.165, 1.54) is 27.5 Å². The summed E-state index contributed by atoms with van der Waals surface area (Å²) >= 11 is 0. The molecule has 4 nitrogen and oxygen atoms in total. The Morgan fingerprint density at radius 3 is 2.75 bits per heavy atom. The lowest BCUT2D eigenvalue weighted by Gasteiger charge is -2.15. The molecule has 0 saturated carbocycles. The number of nitrogens with one attached hydrogen (secondary N) is 1. The molecule has 24 heavy (non-hydrogen) atoms. The number of nitrogens with zero attached hydrogens (tertiary/aromatic N) is 3. The zero-order valence-corrected chi connectivity index (χ0v) is 14.3. The highest BCUT2D eigenvalue weighted by Crippen LogP contribution is 2.21. The van der Waals surface area contributed by atoms with Crippen LogP contribution in [0.15, 0.2) is 55.0 Å². The molecule has 0 spiro atoms. The van der Waals surface area contributed by atoms with Crippen LogP contribution < -0.4 is 5.32 Å². The molecule has 0 aliphatic rings. The van der Waals surface area contributed by atoms with Gasteiger partial charge in [0.25, 0.3) is 0 Å². The maximum Gasteiger partial charge on any atom is 0.0955 e. The van der Waals surface area contributed by atoms with E-state index in [2.05, 4.69) is 77.5 Å². The van der Waals surface area contributed by atoms with Gasteiger partial charge in [-0.15, -0.1) is 0 Å². The third kappa shape index (κ3) is 2.59. The fraction of sp³-hybridized carbons (Fsp3) is 0.250. The molecule has 2 aromatic carbocycles. The molecule has 1 atom stereocenters. The van der Waals surface area contributed by atoms with Crippen LogP contribution in [-0.2, 0) is 20.6 Å². The van der Waals surface area contributed by atoms with Crippen LogP contribution in [0.5, 0.6) is 0 Å². The first-order valence-electron chi connectivity index (χ1n) is 8.30. The van der Waals surface area contributed by atoms with Crippen molar-refractivity contribution in [1.29, 1.82) is 0 Å². The lowest BCUT2D eigenvalue weighted by Crippen LogP contribution is -2.18. The van der Waals surface area contributed by atoms with Crippen molar-refractivity contribution in [2.75, 3.05) is 0 Å². The van der Waals surface area contributed by atoms with Gasteiger partial charge in [-0.2, -0.15) is 0 Å². The summed E-state index contributed by atoms with van der Waals surface area (Å²) in [5, 5.41) is 4.91. The smallest absolute Gasteiger partial charge is 0.0955 e. The Morgan fingerprint density at radius 1 is 1.00 bits per heavy atom. The van der Waals surface area contributed by atoms with E-state index >= 15 is 0 Å². The van der Waals surface area contributed by atoms with Crippen molar-refractivity contribution in [2.45, 2.75) is 19.5 Å². The second-order valence-corrected chi connectivity index (χ2v) is 6.53. The minimum atomic E-state index is 0.295. The molecule has 0 aliphatic carbocycles. The van der Waals surface area contributed by atoms with E-state index in [-0.39, 0.29) is 0 Å². The van der Waals surface area contributed by atoms with Gasteiger partial charge in [-0.1, -0.05) is 18.2 Å². The van der Waals surface area contributed by atoms with Crippen LogP contribution in [0.2, 0.25) is 0 Å². The molecule has 1 unspecified atom stereocenters. The molecule has 4 aromatic rings. The largest absolute Gasteiger partial charge is 0.351 e. The van der Waals surface area contributed by atoms with Crippen molar-refractivity contribution < 1.29 is 0 Å². The number of fused-ring (bicyclic) bond motifs is 2. The maximum atomic E-state index is 4.43. The minimum Gasteiger partial charge on any atom is -0.351 e. The summed E-state index contributed by atoms with van der Waals surface area (Å²) in [5.41, 5.74) is 6.06. The normalized spacial score (nSPS) is 13.0. The number of benzene rings is 2. The molecule has 1 N–H and O–H groups in total. The van der Waals surface area contributed by atoms with Gasteiger partial charge >= 0.3 is 0 Å². The highest BCUT2D eigenvalue weighted by molar-refractivity contribution is 5.80. The summed E-state index contributed by atoms with van der Waals surface area (Å²) in [6, 6.07) is 15.6. The van der Waals surface area contributed by atoms with Crippen molar-refractivity contribution in [3.63, 3.8) is 0 Å². The van der Waals surface area contributed by atoms with E-state index in [0.29, 0.717) is 6.04 Å². The van der Waals surface area contributed by atoms with Crippen molar-refractivity contribution in [3.05, 3.63) is 66.1 Å². The third-order valence-electron chi connectivity index (χ3n) is 4.81. The van der Waals surface area contributed by atoms with Gasteiger partial charge in [-0.3, -0.25) is 0 Å². The summed E-state index contributed by atoms with van der Waals surface area (Å²) in [6.07, 6.45) is 3.97. The molecule has 4 rings (SSSR count). The number of aryl methyl sites for hydroxylation is 2. The highest BCUT2D eigenvalue weighted by Gasteiger charge is 2.08. The SMILES string of the molecule is CC(NCc1ccc2c(c1)ncn2C)c1ccc2ccn(C)c2c1. The van der Waals surface area contributed by atoms with Crippen molar-refractivity contribution in [3.8, 4) is 0 Å². The number of imidazole rings is 1. The Balaban J connectivity index is 1.51. The lowest BCUT2D eigenvalue weighted by molar-refractivity contribution is 0.575. The van der Waals surface area contributed by atoms with Gasteiger partial charge in [-0.05, 0) is 47.7 Å². The summed E-state index contributed by atoms with van der Waals surface area (Å²) in [7, 11) is 4.11. The number of hydrogen-bond acceptors (Lipinski definition) is 2. The van der Waals surface area contributed by atoms with Crippen LogP contribution in [-0.4, -0.2) is 14.1 Å². The Kier molecular flexibility index (Phi) is 3.62. The summed E-state index contributed by atoms with van der Waals surface area (Å²) in [4.78, 5) is 4.43. The van der Waals surface area contributed by atoms with Gasteiger partial charge < -0.3 is 14.5 Å². The van der Waals surface area contributed by atoms with Gasteiger partial charge in [0.1, 0.15) is 0 Å². The third-order valence-corrected chi connectivity index (χ3v) is 4.81. The van der Waals surface area contributed by atoms with Gasteiger partial charge in [0.05, 0.1) is 17.4 Å². The molecule has 2 aromatic heterocycles. The van der Waals surface area contributed by atoms with Crippen LogP contribution in [0.1, 0.15) is 24.1 Å².